The number of aliphatic hydroxyl groups excluding tert-OH is 1. The predicted octanol–water partition coefficient (Wildman–Crippen LogP) is 11.9. The number of hydrogen-bond acceptors (Lipinski definition) is 3. The van der Waals surface area contributed by atoms with Gasteiger partial charge in [-0.3, -0.25) is 4.79 Å². The van der Waals surface area contributed by atoms with E-state index in [0.29, 0.717) is 13.0 Å². The first kappa shape index (κ1) is 41.4. The smallest absolute Gasteiger partial charge is 0.224 e. The van der Waals surface area contributed by atoms with Crippen molar-refractivity contribution in [3.8, 4) is 0 Å². The number of unbranched alkanes of at least 4 members (excludes halogenated alkanes) is 27. The summed E-state index contributed by atoms with van der Waals surface area (Å²) in [5.41, 5.74) is 0. The summed E-state index contributed by atoms with van der Waals surface area (Å²) in [6, 6.07) is 0. The van der Waals surface area contributed by atoms with E-state index in [1.165, 1.54) is 167 Å². The van der Waals surface area contributed by atoms with E-state index in [4.69, 9.17) is 9.84 Å². The Bertz CT molecular complexity index is 526. The van der Waals surface area contributed by atoms with E-state index in [-0.39, 0.29) is 18.7 Å². The molecular formula is C38H77NO3. The second kappa shape index (κ2) is 34.9. The minimum atomic E-state index is -0.247. The predicted molar refractivity (Wildman–Crippen MR) is 184 cm³/mol. The van der Waals surface area contributed by atoms with Gasteiger partial charge in [0.05, 0.1) is 13.2 Å². The lowest BCUT2D eigenvalue weighted by atomic mass is 10.0. The van der Waals surface area contributed by atoms with E-state index in [9.17, 15) is 4.79 Å². The van der Waals surface area contributed by atoms with Gasteiger partial charge in [-0.05, 0) is 19.8 Å². The molecule has 0 heterocycles. The molecule has 1 atom stereocenters. The van der Waals surface area contributed by atoms with Crippen LogP contribution in [0, 0.1) is 0 Å². The summed E-state index contributed by atoms with van der Waals surface area (Å²) in [7, 11) is 0. The Labute approximate surface area is 264 Å². The number of nitrogens with zero attached hydrogens (tertiary/aromatic N) is 1. The van der Waals surface area contributed by atoms with Crippen LogP contribution in [-0.4, -0.2) is 41.9 Å². The number of carbonyl (C=O) groups is 1. The topological polar surface area (TPSA) is 49.8 Å². The summed E-state index contributed by atoms with van der Waals surface area (Å²) in [4.78, 5) is 15.0. The molecular weight excluding hydrogens is 518 g/mol. The highest BCUT2D eigenvalue weighted by Gasteiger charge is 2.19. The number of aliphatic hydroxyl groups is 1. The highest BCUT2D eigenvalue weighted by atomic mass is 16.5. The largest absolute Gasteiger partial charge is 0.394 e. The van der Waals surface area contributed by atoms with E-state index < -0.39 is 0 Å². The van der Waals surface area contributed by atoms with Crippen molar-refractivity contribution in [1.29, 1.82) is 0 Å². The van der Waals surface area contributed by atoms with Crippen molar-refractivity contribution in [2.45, 2.75) is 220 Å². The summed E-state index contributed by atoms with van der Waals surface area (Å²) < 4.78 is 5.73. The van der Waals surface area contributed by atoms with Crippen LogP contribution >= 0.6 is 0 Å². The van der Waals surface area contributed by atoms with Gasteiger partial charge >= 0.3 is 0 Å². The quantitative estimate of drug-likeness (QED) is 0.0585. The molecule has 1 N–H and O–H groups in total. The van der Waals surface area contributed by atoms with Gasteiger partial charge in [0.15, 0.2) is 0 Å². The molecule has 0 aromatic heterocycles. The maximum absolute atomic E-state index is 13.0. The first-order valence-corrected chi connectivity index (χ1v) is 19.2. The third kappa shape index (κ3) is 29.5. The monoisotopic (exact) mass is 596 g/mol. The zero-order valence-electron chi connectivity index (χ0n) is 29.1. The number of hydrogen-bond donors (Lipinski definition) is 1. The molecule has 0 aliphatic heterocycles. The maximum atomic E-state index is 13.0. The average molecular weight is 596 g/mol. The number of rotatable bonds is 35. The molecule has 252 valence electrons. The van der Waals surface area contributed by atoms with Crippen molar-refractivity contribution in [3.63, 3.8) is 0 Å². The van der Waals surface area contributed by atoms with Gasteiger partial charge in [0, 0.05) is 13.0 Å². The van der Waals surface area contributed by atoms with E-state index in [1.807, 2.05) is 11.8 Å². The summed E-state index contributed by atoms with van der Waals surface area (Å²) in [5, 5.41) is 9.17. The SMILES string of the molecule is CCCCCCCCCCCCCCCCCCN(C(=O)CCCCCCCCCCCCCCC)C(C)OCCO. The Morgan fingerprint density at radius 1 is 0.524 bits per heavy atom. The molecule has 0 spiro atoms. The fraction of sp³-hybridized carbons (Fsp3) is 0.974. The Morgan fingerprint density at radius 3 is 1.17 bits per heavy atom. The van der Waals surface area contributed by atoms with Crippen LogP contribution in [0.25, 0.3) is 0 Å². The van der Waals surface area contributed by atoms with E-state index in [1.54, 1.807) is 0 Å². The summed E-state index contributed by atoms with van der Waals surface area (Å²) >= 11 is 0. The van der Waals surface area contributed by atoms with Crippen LogP contribution in [0.5, 0.6) is 0 Å². The van der Waals surface area contributed by atoms with Gasteiger partial charge in [-0.2, -0.15) is 0 Å². The lowest BCUT2D eigenvalue weighted by molar-refractivity contribution is -0.146. The van der Waals surface area contributed by atoms with Crippen molar-refractivity contribution >= 4 is 5.91 Å². The van der Waals surface area contributed by atoms with Crippen molar-refractivity contribution in [2.24, 2.45) is 0 Å². The van der Waals surface area contributed by atoms with Crippen LogP contribution in [0.1, 0.15) is 213 Å². The molecule has 0 aliphatic carbocycles. The zero-order valence-corrected chi connectivity index (χ0v) is 29.1. The minimum Gasteiger partial charge on any atom is -0.394 e. The second-order valence-electron chi connectivity index (χ2n) is 13.1. The Kier molecular flexibility index (Phi) is 34.4. The highest BCUT2D eigenvalue weighted by Crippen LogP contribution is 2.16. The summed E-state index contributed by atoms with van der Waals surface area (Å²) in [5.74, 6) is 0.226. The highest BCUT2D eigenvalue weighted by molar-refractivity contribution is 5.76. The van der Waals surface area contributed by atoms with Gasteiger partial charge in [0.2, 0.25) is 5.91 Å². The molecule has 0 aromatic carbocycles. The molecule has 0 aliphatic rings. The van der Waals surface area contributed by atoms with Crippen LogP contribution in [0.15, 0.2) is 0 Å². The lowest BCUT2D eigenvalue weighted by Crippen LogP contribution is -2.41. The van der Waals surface area contributed by atoms with E-state index in [0.717, 1.165) is 25.8 Å². The normalized spacial score (nSPS) is 12.2. The van der Waals surface area contributed by atoms with Gasteiger partial charge in [-0.1, -0.05) is 187 Å². The van der Waals surface area contributed by atoms with Crippen molar-refractivity contribution in [2.75, 3.05) is 19.8 Å². The fourth-order valence-electron chi connectivity index (χ4n) is 6.09. The van der Waals surface area contributed by atoms with Gasteiger partial charge in [-0.25, -0.2) is 0 Å². The van der Waals surface area contributed by atoms with Crippen LogP contribution in [0.4, 0.5) is 0 Å². The van der Waals surface area contributed by atoms with Gasteiger partial charge in [-0.15, -0.1) is 0 Å². The standard InChI is InChI=1S/C38H77NO3/c1-4-6-8-10-12-14-16-18-19-20-22-24-26-28-30-32-34-39(37(3)42-36-35-40)38(41)33-31-29-27-25-23-21-17-15-13-11-9-7-5-2/h37,40H,4-36H2,1-3H3. The molecule has 0 saturated carbocycles. The number of amides is 1. The molecule has 4 nitrogen and oxygen atoms in total. The molecule has 42 heavy (non-hydrogen) atoms. The van der Waals surface area contributed by atoms with Gasteiger partial charge in [0.25, 0.3) is 0 Å². The van der Waals surface area contributed by atoms with Crippen molar-refractivity contribution in [3.05, 3.63) is 0 Å². The molecule has 0 radical (unpaired) electrons. The van der Waals surface area contributed by atoms with Crippen LogP contribution in [0.2, 0.25) is 0 Å². The third-order valence-corrected chi connectivity index (χ3v) is 8.96. The first-order valence-electron chi connectivity index (χ1n) is 19.2. The van der Waals surface area contributed by atoms with Crippen LogP contribution < -0.4 is 0 Å². The zero-order chi connectivity index (χ0) is 30.8. The summed E-state index contributed by atoms with van der Waals surface area (Å²) in [6.45, 7) is 7.61. The Hall–Kier alpha value is -0.610. The number of ether oxygens (including phenoxy) is 1. The molecule has 0 saturated heterocycles. The van der Waals surface area contributed by atoms with Crippen molar-refractivity contribution in [1.82, 2.24) is 4.90 Å². The summed E-state index contributed by atoms with van der Waals surface area (Å²) in [6.07, 6.45) is 39.3. The average Bonchev–Trinajstić information content (AvgIpc) is 2.99. The molecule has 0 fully saturated rings. The Balaban J connectivity index is 3.82. The molecule has 1 unspecified atom stereocenters. The second-order valence-corrected chi connectivity index (χ2v) is 13.1. The van der Waals surface area contributed by atoms with E-state index >= 15 is 0 Å². The minimum absolute atomic E-state index is 0.00424. The lowest BCUT2D eigenvalue weighted by Gasteiger charge is -2.29. The molecule has 1 amide bonds. The van der Waals surface area contributed by atoms with Crippen LogP contribution in [-0.2, 0) is 9.53 Å². The maximum Gasteiger partial charge on any atom is 0.224 e. The molecule has 0 rings (SSSR count). The van der Waals surface area contributed by atoms with Gasteiger partial charge in [0.1, 0.15) is 6.23 Å². The third-order valence-electron chi connectivity index (χ3n) is 8.96. The van der Waals surface area contributed by atoms with Crippen molar-refractivity contribution < 1.29 is 14.6 Å². The van der Waals surface area contributed by atoms with Crippen LogP contribution in [0.3, 0.4) is 0 Å². The Morgan fingerprint density at radius 2 is 0.833 bits per heavy atom. The molecule has 0 aromatic rings. The first-order chi connectivity index (χ1) is 20.7. The number of carbonyl (C=O) groups excluding carboxylic acids is 1. The fourth-order valence-corrected chi connectivity index (χ4v) is 6.09. The van der Waals surface area contributed by atoms with E-state index in [2.05, 4.69) is 13.8 Å². The molecule has 4 heteroatoms. The molecule has 0 bridgehead atoms. The van der Waals surface area contributed by atoms with Gasteiger partial charge < -0.3 is 14.7 Å².